The van der Waals surface area contributed by atoms with Crippen molar-refractivity contribution >= 4 is 29.2 Å². The van der Waals surface area contributed by atoms with Crippen LogP contribution in [0.4, 0.5) is 5.69 Å². The number of halogens is 1. The van der Waals surface area contributed by atoms with Crippen LogP contribution >= 0.6 is 11.6 Å². The number of aryl methyl sites for hydroxylation is 2. The number of ether oxygens (including phenoxy) is 1. The van der Waals surface area contributed by atoms with E-state index in [4.69, 9.17) is 16.3 Å². The number of rotatable bonds is 6. The van der Waals surface area contributed by atoms with Crippen molar-refractivity contribution in [3.63, 3.8) is 0 Å². The zero-order valence-electron chi connectivity index (χ0n) is 14.0. The van der Waals surface area contributed by atoms with E-state index in [2.05, 4.69) is 10.4 Å². The van der Waals surface area contributed by atoms with E-state index in [0.717, 1.165) is 4.68 Å². The van der Waals surface area contributed by atoms with Crippen LogP contribution < -0.4 is 10.1 Å². The van der Waals surface area contributed by atoms with Crippen LogP contribution in [0.5, 0.6) is 5.75 Å². The Kier molecular flexibility index (Phi) is 5.46. The highest BCUT2D eigenvalue weighted by Gasteiger charge is 2.32. The molecule has 1 aromatic heterocycles. The van der Waals surface area contributed by atoms with E-state index in [1.54, 1.807) is 0 Å². The summed E-state index contributed by atoms with van der Waals surface area (Å²) in [5.74, 6) is -1.97. The van der Waals surface area contributed by atoms with Crippen LogP contribution in [0.15, 0.2) is 18.2 Å². The summed E-state index contributed by atoms with van der Waals surface area (Å²) in [6.07, 6.45) is 0. The molecule has 0 radical (unpaired) electrons. The van der Waals surface area contributed by atoms with E-state index < -0.39 is 28.5 Å². The van der Waals surface area contributed by atoms with Crippen molar-refractivity contribution in [2.75, 3.05) is 7.11 Å². The van der Waals surface area contributed by atoms with Crippen molar-refractivity contribution in [2.45, 2.75) is 13.0 Å². The van der Waals surface area contributed by atoms with E-state index >= 15 is 0 Å². The number of methoxy groups -OCH3 is 1. The average molecular weight is 383 g/mol. The van der Waals surface area contributed by atoms with Crippen molar-refractivity contribution < 1.29 is 24.4 Å². The highest BCUT2D eigenvalue weighted by Crippen LogP contribution is 2.28. The monoisotopic (exact) mass is 382 g/mol. The first-order chi connectivity index (χ1) is 12.2. The Labute approximate surface area is 152 Å². The third kappa shape index (κ3) is 3.59. The number of nitro groups is 1. The molecular weight excluding hydrogens is 368 g/mol. The molecule has 0 aliphatic carbocycles. The summed E-state index contributed by atoms with van der Waals surface area (Å²) in [7, 11) is 2.76. The number of nitrogens with zero attached hydrogens (tertiary/aromatic N) is 3. The van der Waals surface area contributed by atoms with Gasteiger partial charge in [-0.2, -0.15) is 5.10 Å². The van der Waals surface area contributed by atoms with Gasteiger partial charge < -0.3 is 15.2 Å². The standard InChI is InChI=1S/C15H15ClN4O6/c1-7-12(20(24)25)13(19(2)18-7)14(21)17-11(15(22)23)8-4-5-10(26-3)9(16)6-8/h4-6,11H,1-3H3,(H,17,21)(H,22,23). The molecule has 0 spiro atoms. The summed E-state index contributed by atoms with van der Waals surface area (Å²) in [6, 6.07) is 2.74. The van der Waals surface area contributed by atoms with Gasteiger partial charge >= 0.3 is 11.7 Å². The minimum atomic E-state index is -1.47. The maximum Gasteiger partial charge on any atom is 0.330 e. The zero-order valence-corrected chi connectivity index (χ0v) is 14.8. The van der Waals surface area contributed by atoms with Gasteiger partial charge in [-0.1, -0.05) is 17.7 Å². The van der Waals surface area contributed by atoms with Crippen LogP contribution in [0.1, 0.15) is 27.8 Å². The Bertz CT molecular complexity index is 895. The van der Waals surface area contributed by atoms with Crippen molar-refractivity contribution in [3.05, 3.63) is 50.3 Å². The number of aliphatic carboxylic acids is 1. The van der Waals surface area contributed by atoms with Gasteiger partial charge in [-0.15, -0.1) is 0 Å². The first-order valence-electron chi connectivity index (χ1n) is 7.22. The number of nitrogens with one attached hydrogen (secondary N) is 1. The third-order valence-electron chi connectivity index (χ3n) is 3.62. The number of carboxylic acid groups (broad SMARTS) is 1. The molecule has 1 unspecified atom stereocenters. The fourth-order valence-corrected chi connectivity index (χ4v) is 2.74. The van der Waals surface area contributed by atoms with Gasteiger partial charge in [-0.05, 0) is 24.6 Å². The number of amides is 1. The maximum absolute atomic E-state index is 12.5. The Morgan fingerprint density at radius 3 is 2.62 bits per heavy atom. The van der Waals surface area contributed by atoms with Crippen molar-refractivity contribution in [3.8, 4) is 5.75 Å². The number of hydrogen-bond acceptors (Lipinski definition) is 6. The van der Waals surface area contributed by atoms with Crippen molar-refractivity contribution in [1.29, 1.82) is 0 Å². The van der Waals surface area contributed by atoms with E-state index in [-0.39, 0.29) is 22.0 Å². The van der Waals surface area contributed by atoms with E-state index in [0.29, 0.717) is 5.75 Å². The lowest BCUT2D eigenvalue weighted by atomic mass is 10.1. The molecule has 2 rings (SSSR count). The molecule has 26 heavy (non-hydrogen) atoms. The first kappa shape index (κ1) is 19.2. The Morgan fingerprint density at radius 1 is 1.46 bits per heavy atom. The van der Waals surface area contributed by atoms with Crippen LogP contribution in [0.3, 0.4) is 0 Å². The molecule has 11 heteroatoms. The Hall–Kier alpha value is -3.14. The highest BCUT2D eigenvalue weighted by molar-refractivity contribution is 6.32. The smallest absolute Gasteiger partial charge is 0.330 e. The Morgan fingerprint density at radius 2 is 2.12 bits per heavy atom. The summed E-state index contributed by atoms with van der Waals surface area (Å²) in [4.78, 5) is 34.5. The summed E-state index contributed by atoms with van der Waals surface area (Å²) in [5, 5.41) is 26.9. The third-order valence-corrected chi connectivity index (χ3v) is 3.92. The number of carbonyl (C=O) groups is 2. The minimum Gasteiger partial charge on any atom is -0.495 e. The molecule has 0 saturated carbocycles. The lowest BCUT2D eigenvalue weighted by molar-refractivity contribution is -0.385. The molecule has 2 aromatic rings. The highest BCUT2D eigenvalue weighted by atomic mass is 35.5. The van der Waals surface area contributed by atoms with Gasteiger partial charge in [-0.3, -0.25) is 19.6 Å². The maximum atomic E-state index is 12.5. The van der Waals surface area contributed by atoms with Crippen molar-refractivity contribution in [1.82, 2.24) is 15.1 Å². The fourth-order valence-electron chi connectivity index (χ4n) is 2.47. The summed E-state index contributed by atoms with van der Waals surface area (Å²) in [6.45, 7) is 1.38. The second-order valence-electron chi connectivity index (χ2n) is 5.30. The number of carboxylic acids is 1. The van der Waals surface area contributed by atoms with Gasteiger partial charge in [0.05, 0.1) is 17.1 Å². The van der Waals surface area contributed by atoms with Crippen LogP contribution in [-0.4, -0.2) is 38.8 Å². The molecule has 0 saturated heterocycles. The minimum absolute atomic E-state index is 0.0435. The van der Waals surface area contributed by atoms with Gasteiger partial charge in [0.15, 0.2) is 6.04 Å². The topological polar surface area (TPSA) is 137 Å². The molecule has 2 N–H and O–H groups in total. The number of aromatic nitrogens is 2. The second kappa shape index (κ2) is 7.40. The second-order valence-corrected chi connectivity index (χ2v) is 5.71. The first-order valence-corrected chi connectivity index (χ1v) is 7.60. The number of hydrogen-bond donors (Lipinski definition) is 2. The van der Waals surface area contributed by atoms with Crippen molar-refractivity contribution in [2.24, 2.45) is 7.05 Å². The molecule has 0 fully saturated rings. The molecule has 138 valence electrons. The number of carbonyl (C=O) groups excluding carboxylic acids is 1. The molecule has 10 nitrogen and oxygen atoms in total. The predicted octanol–water partition coefficient (Wildman–Crippen LogP) is 1.85. The van der Waals surface area contributed by atoms with E-state index in [1.165, 1.54) is 39.3 Å². The van der Waals surface area contributed by atoms with Gasteiger partial charge in [-0.25, -0.2) is 4.79 Å². The molecule has 1 amide bonds. The van der Waals surface area contributed by atoms with E-state index in [9.17, 15) is 24.8 Å². The zero-order chi connectivity index (χ0) is 19.6. The average Bonchev–Trinajstić information content (AvgIpc) is 2.86. The molecule has 1 aromatic carbocycles. The summed E-state index contributed by atoms with van der Waals surface area (Å²) in [5.41, 5.74) is -0.611. The lowest BCUT2D eigenvalue weighted by Gasteiger charge is -2.16. The molecule has 0 bridgehead atoms. The Balaban J connectivity index is 2.40. The van der Waals surface area contributed by atoms with Crippen LogP contribution in [0.25, 0.3) is 0 Å². The lowest BCUT2D eigenvalue weighted by Crippen LogP contribution is -2.35. The van der Waals surface area contributed by atoms with Crippen LogP contribution in [0, 0.1) is 17.0 Å². The van der Waals surface area contributed by atoms with Gasteiger partial charge in [0, 0.05) is 7.05 Å². The molecule has 0 aliphatic heterocycles. The summed E-state index contributed by atoms with van der Waals surface area (Å²) >= 11 is 5.99. The van der Waals surface area contributed by atoms with Crippen LogP contribution in [-0.2, 0) is 11.8 Å². The molecule has 1 heterocycles. The largest absolute Gasteiger partial charge is 0.495 e. The molecule has 1 atom stereocenters. The van der Waals surface area contributed by atoms with Gasteiger partial charge in [0.25, 0.3) is 5.91 Å². The molecule has 0 aliphatic rings. The fraction of sp³-hybridized carbons (Fsp3) is 0.267. The molecular formula is C15H15ClN4O6. The van der Waals surface area contributed by atoms with E-state index in [1.807, 2.05) is 0 Å². The predicted molar refractivity (Wildman–Crippen MR) is 90.4 cm³/mol. The summed E-state index contributed by atoms with van der Waals surface area (Å²) < 4.78 is 6.03. The normalized spacial score (nSPS) is 11.7. The van der Waals surface area contributed by atoms with Gasteiger partial charge in [0.2, 0.25) is 5.69 Å². The SMILES string of the molecule is COc1ccc(C(NC(=O)c2c([N+](=O)[O-])c(C)nn2C)C(=O)O)cc1Cl. The van der Waals surface area contributed by atoms with Crippen LogP contribution in [0.2, 0.25) is 5.02 Å². The number of benzene rings is 1. The quantitative estimate of drug-likeness (QED) is 0.574. The van der Waals surface area contributed by atoms with Gasteiger partial charge in [0.1, 0.15) is 11.4 Å².